The van der Waals surface area contributed by atoms with Crippen LogP contribution in [0.4, 0.5) is 17.1 Å². The van der Waals surface area contributed by atoms with Gasteiger partial charge in [-0.1, -0.05) is 27.7 Å². The highest BCUT2D eigenvalue weighted by atomic mass is 16.5. The standard InChI is InChI=1S/C34H42N2O6/c1-7-41-26-13-9-23(10-14-26)36(24-11-15-27(16-12-24)42-8-2)32-33(39)31(34(32)40)30-28(37)17-25(18-29(30)38)35(19-21(3)4)20-22(5)6/h9-18,21-22,32,37-39H,7-8,19-20H2,1-6H3. The number of ether oxygens (including phenoxy) is 2. The molecule has 0 spiro atoms. The Labute approximate surface area is 248 Å². The molecule has 0 saturated carbocycles. The van der Waals surface area contributed by atoms with E-state index in [0.29, 0.717) is 53.6 Å². The molecule has 42 heavy (non-hydrogen) atoms. The van der Waals surface area contributed by atoms with Gasteiger partial charge in [-0.2, -0.15) is 0 Å². The molecule has 1 atom stereocenters. The number of hydrogen-bond acceptors (Lipinski definition) is 8. The molecule has 224 valence electrons. The maximum Gasteiger partial charge on any atom is 0.197 e. The number of carbonyl (C=O) groups excluding carboxylic acids is 1. The summed E-state index contributed by atoms with van der Waals surface area (Å²) in [5, 5.41) is 33.5. The lowest BCUT2D eigenvalue weighted by molar-refractivity contribution is -0.116. The summed E-state index contributed by atoms with van der Waals surface area (Å²) in [5.74, 6) is 0.930. The van der Waals surface area contributed by atoms with Gasteiger partial charge in [-0.25, -0.2) is 0 Å². The van der Waals surface area contributed by atoms with Crippen molar-refractivity contribution in [2.45, 2.75) is 47.6 Å². The summed E-state index contributed by atoms with van der Waals surface area (Å²) in [6.45, 7) is 14.8. The third-order valence-electron chi connectivity index (χ3n) is 6.99. The fraction of sp³-hybridized carbons (Fsp3) is 0.382. The topological polar surface area (TPSA) is 103 Å². The summed E-state index contributed by atoms with van der Waals surface area (Å²) in [7, 11) is 0. The number of rotatable bonds is 13. The molecule has 3 aromatic rings. The Kier molecular flexibility index (Phi) is 9.55. The van der Waals surface area contributed by atoms with Crippen LogP contribution in [-0.4, -0.2) is 53.4 Å². The average molecular weight is 575 g/mol. The minimum Gasteiger partial charge on any atom is -0.509 e. The Balaban J connectivity index is 1.74. The molecule has 0 aliphatic heterocycles. The molecule has 1 aliphatic rings. The first-order valence-corrected chi connectivity index (χ1v) is 14.6. The number of phenolic OH excluding ortho intramolecular Hbond substituents is 2. The van der Waals surface area contributed by atoms with Crippen molar-refractivity contribution in [3.63, 3.8) is 0 Å². The number of aliphatic hydroxyl groups is 1. The lowest BCUT2D eigenvalue weighted by Gasteiger charge is -2.39. The third kappa shape index (κ3) is 6.43. The number of hydrogen-bond donors (Lipinski definition) is 3. The van der Waals surface area contributed by atoms with Crippen LogP contribution in [-0.2, 0) is 4.79 Å². The number of aliphatic hydroxyl groups excluding tert-OH is 1. The summed E-state index contributed by atoms with van der Waals surface area (Å²) in [6.07, 6.45) is 0. The molecule has 8 nitrogen and oxygen atoms in total. The van der Waals surface area contributed by atoms with Crippen LogP contribution in [0.25, 0.3) is 5.57 Å². The van der Waals surface area contributed by atoms with Crippen LogP contribution in [0.5, 0.6) is 23.0 Å². The Bertz CT molecular complexity index is 1330. The molecule has 8 heteroatoms. The SMILES string of the molecule is CCOc1ccc(N(c2ccc(OCC)cc2)C2C(=O)C(c3c(O)cc(N(CC(C)C)CC(C)C)cc3O)=C2O)cc1. The predicted octanol–water partition coefficient (Wildman–Crippen LogP) is 7.07. The zero-order valence-corrected chi connectivity index (χ0v) is 25.3. The van der Waals surface area contributed by atoms with Crippen molar-refractivity contribution in [2.75, 3.05) is 36.1 Å². The predicted molar refractivity (Wildman–Crippen MR) is 167 cm³/mol. The summed E-state index contributed by atoms with van der Waals surface area (Å²) in [5.41, 5.74) is 1.82. The van der Waals surface area contributed by atoms with E-state index < -0.39 is 11.8 Å². The van der Waals surface area contributed by atoms with Crippen molar-refractivity contribution in [2.24, 2.45) is 11.8 Å². The van der Waals surface area contributed by atoms with E-state index >= 15 is 0 Å². The molecule has 3 N–H and O–H groups in total. The Morgan fingerprint density at radius 3 is 1.50 bits per heavy atom. The molecular formula is C34H42N2O6. The highest BCUT2D eigenvalue weighted by Gasteiger charge is 2.47. The van der Waals surface area contributed by atoms with E-state index in [1.807, 2.05) is 62.4 Å². The number of carbonyl (C=O) groups is 1. The van der Waals surface area contributed by atoms with Crippen LogP contribution in [0.1, 0.15) is 47.1 Å². The van der Waals surface area contributed by atoms with E-state index in [4.69, 9.17) is 9.47 Å². The van der Waals surface area contributed by atoms with Gasteiger partial charge in [-0.15, -0.1) is 0 Å². The van der Waals surface area contributed by atoms with Gasteiger partial charge in [0.15, 0.2) is 11.8 Å². The van der Waals surface area contributed by atoms with Crippen molar-refractivity contribution in [3.05, 3.63) is 72.0 Å². The van der Waals surface area contributed by atoms with Gasteiger partial charge in [0.2, 0.25) is 0 Å². The molecule has 3 aromatic carbocycles. The lowest BCUT2D eigenvalue weighted by atomic mass is 9.81. The minimum absolute atomic E-state index is 0.0649. The van der Waals surface area contributed by atoms with Crippen molar-refractivity contribution >= 4 is 28.4 Å². The number of ketones is 1. The average Bonchev–Trinajstić information content (AvgIpc) is 2.94. The number of benzene rings is 3. The first-order valence-electron chi connectivity index (χ1n) is 14.6. The smallest absolute Gasteiger partial charge is 0.197 e. The fourth-order valence-corrected chi connectivity index (χ4v) is 5.33. The van der Waals surface area contributed by atoms with Crippen molar-refractivity contribution in [3.8, 4) is 23.0 Å². The highest BCUT2D eigenvalue weighted by molar-refractivity contribution is 6.34. The molecule has 1 unspecified atom stereocenters. The monoisotopic (exact) mass is 574 g/mol. The van der Waals surface area contributed by atoms with E-state index in [0.717, 1.165) is 13.1 Å². The zero-order chi connectivity index (χ0) is 30.6. The van der Waals surface area contributed by atoms with Crippen LogP contribution in [0.3, 0.4) is 0 Å². The van der Waals surface area contributed by atoms with Crippen LogP contribution in [0, 0.1) is 11.8 Å². The van der Waals surface area contributed by atoms with Gasteiger partial charge in [-0.3, -0.25) is 4.79 Å². The van der Waals surface area contributed by atoms with Gasteiger partial charge < -0.3 is 34.6 Å². The van der Waals surface area contributed by atoms with Crippen LogP contribution in [0.2, 0.25) is 0 Å². The number of Topliss-reactive ketones (excluding diaryl/α,β-unsaturated/α-hetero) is 1. The minimum atomic E-state index is -1.05. The quantitative estimate of drug-likeness (QED) is 0.199. The Hall–Kier alpha value is -4.33. The number of anilines is 3. The lowest BCUT2D eigenvalue weighted by Crippen LogP contribution is -2.47. The van der Waals surface area contributed by atoms with E-state index in [1.165, 1.54) is 0 Å². The zero-order valence-electron chi connectivity index (χ0n) is 25.3. The second-order valence-corrected chi connectivity index (χ2v) is 11.3. The van der Waals surface area contributed by atoms with E-state index in [1.54, 1.807) is 17.0 Å². The molecule has 0 aromatic heterocycles. The first kappa shape index (κ1) is 30.6. The maximum absolute atomic E-state index is 13.8. The summed E-state index contributed by atoms with van der Waals surface area (Å²) in [4.78, 5) is 17.6. The largest absolute Gasteiger partial charge is 0.509 e. The van der Waals surface area contributed by atoms with E-state index in [2.05, 4.69) is 32.6 Å². The molecule has 4 rings (SSSR count). The Morgan fingerprint density at radius 1 is 0.714 bits per heavy atom. The molecule has 0 saturated heterocycles. The molecule has 1 aliphatic carbocycles. The third-order valence-corrected chi connectivity index (χ3v) is 6.99. The molecule has 0 radical (unpaired) electrons. The van der Waals surface area contributed by atoms with Gasteiger partial charge in [0.25, 0.3) is 0 Å². The van der Waals surface area contributed by atoms with Crippen molar-refractivity contribution < 1.29 is 29.6 Å². The number of nitrogens with zero attached hydrogens (tertiary/aromatic N) is 2. The molecule has 0 amide bonds. The molecular weight excluding hydrogens is 532 g/mol. The molecule has 0 heterocycles. The summed E-state index contributed by atoms with van der Waals surface area (Å²) < 4.78 is 11.2. The second kappa shape index (κ2) is 13.1. The van der Waals surface area contributed by atoms with Gasteiger partial charge in [-0.05, 0) is 74.2 Å². The molecule has 0 fully saturated rings. The number of aromatic hydroxyl groups is 2. The first-order chi connectivity index (χ1) is 20.0. The van der Waals surface area contributed by atoms with Crippen molar-refractivity contribution in [1.29, 1.82) is 0 Å². The number of phenols is 2. The Morgan fingerprint density at radius 2 is 1.14 bits per heavy atom. The fourth-order valence-electron chi connectivity index (χ4n) is 5.33. The van der Waals surface area contributed by atoms with E-state index in [9.17, 15) is 20.1 Å². The summed E-state index contributed by atoms with van der Waals surface area (Å²) in [6, 6.07) is 16.6. The van der Waals surface area contributed by atoms with Gasteiger partial charge >= 0.3 is 0 Å². The van der Waals surface area contributed by atoms with Crippen LogP contribution < -0.4 is 19.3 Å². The molecule has 0 bridgehead atoms. The second-order valence-electron chi connectivity index (χ2n) is 11.3. The van der Waals surface area contributed by atoms with E-state index in [-0.39, 0.29) is 28.4 Å². The van der Waals surface area contributed by atoms with Crippen LogP contribution >= 0.6 is 0 Å². The highest BCUT2D eigenvalue weighted by Crippen LogP contribution is 2.47. The van der Waals surface area contributed by atoms with Gasteiger partial charge in [0.1, 0.15) is 28.8 Å². The maximum atomic E-state index is 13.8. The van der Waals surface area contributed by atoms with Gasteiger partial charge in [0.05, 0.1) is 24.4 Å². The van der Waals surface area contributed by atoms with Crippen LogP contribution in [0.15, 0.2) is 66.4 Å². The summed E-state index contributed by atoms with van der Waals surface area (Å²) >= 11 is 0. The normalized spacial score (nSPS) is 14.8. The van der Waals surface area contributed by atoms with Crippen molar-refractivity contribution in [1.82, 2.24) is 0 Å². The van der Waals surface area contributed by atoms with Gasteiger partial charge in [0, 0.05) is 42.3 Å².